The maximum Gasteiger partial charge on any atom is 0.253 e. The van der Waals surface area contributed by atoms with Gasteiger partial charge >= 0.3 is 0 Å². The lowest BCUT2D eigenvalue weighted by Gasteiger charge is -2.26. The number of fused-ring (bicyclic) bond motifs is 2. The summed E-state index contributed by atoms with van der Waals surface area (Å²) in [6.45, 7) is 1.21. The van der Waals surface area contributed by atoms with Gasteiger partial charge in [-0.3, -0.25) is 4.79 Å². The van der Waals surface area contributed by atoms with E-state index in [1.165, 1.54) is 12.1 Å². The van der Waals surface area contributed by atoms with Crippen molar-refractivity contribution in [2.45, 2.75) is 19.6 Å². The summed E-state index contributed by atoms with van der Waals surface area (Å²) >= 11 is 5.63. The first kappa shape index (κ1) is 21.0. The molecule has 5 rings (SSSR count). The van der Waals surface area contributed by atoms with Crippen LogP contribution >= 0.6 is 12.2 Å². The molecule has 4 aromatic rings. The highest BCUT2D eigenvalue weighted by Crippen LogP contribution is 2.35. The zero-order chi connectivity index (χ0) is 22.8. The first-order chi connectivity index (χ1) is 16.0. The van der Waals surface area contributed by atoms with Crippen molar-refractivity contribution in [3.8, 4) is 11.5 Å². The highest BCUT2D eigenvalue weighted by molar-refractivity contribution is 7.80. The van der Waals surface area contributed by atoms with Crippen LogP contribution in [0.1, 0.15) is 16.9 Å². The van der Waals surface area contributed by atoms with Crippen LogP contribution < -0.4 is 20.3 Å². The summed E-state index contributed by atoms with van der Waals surface area (Å²) in [6, 6.07) is 15.3. The van der Waals surface area contributed by atoms with Crippen LogP contribution in [-0.2, 0) is 19.6 Å². The summed E-state index contributed by atoms with van der Waals surface area (Å²) in [4.78, 5) is 17.6. The van der Waals surface area contributed by atoms with Crippen molar-refractivity contribution >= 4 is 28.2 Å². The number of aromatic nitrogens is 1. The van der Waals surface area contributed by atoms with Gasteiger partial charge in [-0.25, -0.2) is 4.39 Å². The molecule has 0 fully saturated rings. The van der Waals surface area contributed by atoms with Gasteiger partial charge in [-0.05, 0) is 54.2 Å². The standard InChI is InChI=1S/C24H20FN3O4S/c25-18-5-3-15(4-6-18)12-28(24(33)26-11-19-2-1-7-30-19)13-17-8-16-9-21-22(32-14-31-21)10-20(16)27-23(17)29/h1-10H,11-14H2,(H,26,33)(H,27,29). The number of hydrogen-bond donors (Lipinski definition) is 2. The second kappa shape index (κ2) is 8.95. The molecule has 2 aromatic heterocycles. The maximum absolute atomic E-state index is 13.4. The fraction of sp³-hybridized carbons (Fsp3) is 0.167. The Morgan fingerprint density at radius 3 is 2.64 bits per heavy atom. The number of benzene rings is 2. The van der Waals surface area contributed by atoms with E-state index in [2.05, 4.69) is 10.3 Å². The minimum Gasteiger partial charge on any atom is -0.467 e. The number of rotatable bonds is 6. The highest BCUT2D eigenvalue weighted by atomic mass is 32.1. The molecule has 1 aliphatic rings. The van der Waals surface area contributed by atoms with Crippen LogP contribution in [0.15, 0.2) is 70.1 Å². The quantitative estimate of drug-likeness (QED) is 0.416. The van der Waals surface area contributed by atoms with Crippen LogP contribution in [0.5, 0.6) is 11.5 Å². The van der Waals surface area contributed by atoms with E-state index in [0.29, 0.717) is 40.8 Å². The predicted molar refractivity (Wildman–Crippen MR) is 124 cm³/mol. The molecule has 0 atom stereocenters. The second-order valence-electron chi connectivity index (χ2n) is 7.64. The summed E-state index contributed by atoms with van der Waals surface area (Å²) in [5.41, 5.74) is 1.83. The van der Waals surface area contributed by atoms with Gasteiger partial charge in [0.25, 0.3) is 5.56 Å². The third kappa shape index (κ3) is 4.68. The summed E-state index contributed by atoms with van der Waals surface area (Å²) in [7, 11) is 0. The number of pyridine rings is 1. The van der Waals surface area contributed by atoms with E-state index in [-0.39, 0.29) is 24.7 Å². The van der Waals surface area contributed by atoms with Crippen molar-refractivity contribution in [3.05, 3.63) is 93.9 Å². The second-order valence-corrected chi connectivity index (χ2v) is 8.02. The van der Waals surface area contributed by atoms with Gasteiger partial charge in [-0.2, -0.15) is 0 Å². The highest BCUT2D eigenvalue weighted by Gasteiger charge is 2.18. The number of ether oxygens (including phenoxy) is 2. The molecule has 1 aliphatic heterocycles. The van der Waals surface area contributed by atoms with Crippen LogP contribution in [0.3, 0.4) is 0 Å². The van der Waals surface area contributed by atoms with Crippen LogP contribution in [0.25, 0.3) is 10.9 Å². The van der Waals surface area contributed by atoms with Crippen LogP contribution in [0.2, 0.25) is 0 Å². The topological polar surface area (TPSA) is 79.7 Å². The molecule has 0 bridgehead atoms. The number of H-pyrrole nitrogens is 1. The van der Waals surface area contributed by atoms with Crippen molar-refractivity contribution < 1.29 is 18.3 Å². The molecule has 2 aromatic carbocycles. The Balaban J connectivity index is 1.42. The van der Waals surface area contributed by atoms with E-state index in [4.69, 9.17) is 26.1 Å². The number of nitrogens with one attached hydrogen (secondary N) is 2. The van der Waals surface area contributed by atoms with Gasteiger partial charge in [0.2, 0.25) is 6.79 Å². The molecule has 9 heteroatoms. The van der Waals surface area contributed by atoms with Crippen molar-refractivity contribution in [2.24, 2.45) is 0 Å². The normalized spacial score (nSPS) is 12.2. The SMILES string of the molecule is O=c1[nH]c2cc3c(cc2cc1CN(Cc1ccc(F)cc1)C(=S)NCc1ccco1)OCO3. The third-order valence-electron chi connectivity index (χ3n) is 5.34. The molecular formula is C24H20FN3O4S. The molecule has 0 spiro atoms. The van der Waals surface area contributed by atoms with E-state index in [1.54, 1.807) is 30.5 Å². The fourth-order valence-corrected chi connectivity index (χ4v) is 3.86. The molecule has 0 amide bonds. The Morgan fingerprint density at radius 2 is 1.88 bits per heavy atom. The van der Waals surface area contributed by atoms with E-state index in [0.717, 1.165) is 16.7 Å². The predicted octanol–water partition coefficient (Wildman–Crippen LogP) is 4.07. The van der Waals surface area contributed by atoms with E-state index >= 15 is 0 Å². The van der Waals surface area contributed by atoms with Crippen LogP contribution in [0.4, 0.5) is 4.39 Å². The Bertz CT molecular complexity index is 1350. The van der Waals surface area contributed by atoms with Crippen molar-refractivity contribution in [1.82, 2.24) is 15.2 Å². The lowest BCUT2D eigenvalue weighted by molar-refractivity contribution is 0.174. The minimum absolute atomic E-state index is 0.157. The molecule has 168 valence electrons. The van der Waals surface area contributed by atoms with E-state index < -0.39 is 0 Å². The van der Waals surface area contributed by atoms with Gasteiger partial charge in [0.1, 0.15) is 11.6 Å². The van der Waals surface area contributed by atoms with Gasteiger partial charge in [0, 0.05) is 23.6 Å². The Hall–Kier alpha value is -3.85. The maximum atomic E-state index is 13.4. The molecule has 0 aliphatic carbocycles. The summed E-state index contributed by atoms with van der Waals surface area (Å²) in [5.74, 6) is 1.67. The van der Waals surface area contributed by atoms with Crippen molar-refractivity contribution in [1.29, 1.82) is 0 Å². The number of hydrogen-bond acceptors (Lipinski definition) is 5. The van der Waals surface area contributed by atoms with Gasteiger partial charge < -0.3 is 29.1 Å². The summed E-state index contributed by atoms with van der Waals surface area (Å²) < 4.78 is 29.6. The van der Waals surface area contributed by atoms with Gasteiger partial charge in [-0.1, -0.05) is 12.1 Å². The number of halogens is 1. The zero-order valence-corrected chi connectivity index (χ0v) is 18.3. The average Bonchev–Trinajstić information content (AvgIpc) is 3.49. The van der Waals surface area contributed by atoms with Crippen molar-refractivity contribution in [2.75, 3.05) is 6.79 Å². The Morgan fingerprint density at radius 1 is 1.09 bits per heavy atom. The average molecular weight is 466 g/mol. The first-order valence-electron chi connectivity index (χ1n) is 10.3. The molecule has 3 heterocycles. The lowest BCUT2D eigenvalue weighted by Crippen LogP contribution is -2.39. The molecular weight excluding hydrogens is 445 g/mol. The van der Waals surface area contributed by atoms with E-state index in [1.807, 2.05) is 23.1 Å². The first-order valence-corrected chi connectivity index (χ1v) is 10.7. The summed E-state index contributed by atoms with van der Waals surface area (Å²) in [6.07, 6.45) is 1.59. The lowest BCUT2D eigenvalue weighted by atomic mass is 10.1. The Labute approximate surface area is 193 Å². The van der Waals surface area contributed by atoms with Crippen LogP contribution in [0, 0.1) is 5.82 Å². The minimum atomic E-state index is -0.312. The smallest absolute Gasteiger partial charge is 0.253 e. The number of nitrogens with zero attached hydrogens (tertiary/aromatic N) is 1. The van der Waals surface area contributed by atoms with Crippen LogP contribution in [-0.4, -0.2) is 21.8 Å². The third-order valence-corrected chi connectivity index (χ3v) is 5.75. The number of thiocarbonyl (C=S) groups is 1. The largest absolute Gasteiger partial charge is 0.467 e. The molecule has 0 saturated carbocycles. The fourth-order valence-electron chi connectivity index (χ4n) is 3.66. The molecule has 2 N–H and O–H groups in total. The van der Waals surface area contributed by atoms with Gasteiger partial charge in [0.15, 0.2) is 16.6 Å². The Kier molecular flexibility index (Phi) is 5.70. The van der Waals surface area contributed by atoms with Gasteiger partial charge in [0.05, 0.1) is 24.9 Å². The summed E-state index contributed by atoms with van der Waals surface area (Å²) in [5, 5.41) is 4.44. The molecule has 0 radical (unpaired) electrons. The molecule has 33 heavy (non-hydrogen) atoms. The number of aromatic amines is 1. The van der Waals surface area contributed by atoms with Gasteiger partial charge in [-0.15, -0.1) is 0 Å². The molecule has 7 nitrogen and oxygen atoms in total. The van der Waals surface area contributed by atoms with Crippen molar-refractivity contribution in [3.63, 3.8) is 0 Å². The molecule has 0 saturated heterocycles. The molecule has 0 unspecified atom stereocenters. The number of furan rings is 1. The zero-order valence-electron chi connectivity index (χ0n) is 17.5. The van der Waals surface area contributed by atoms with E-state index in [9.17, 15) is 9.18 Å². The monoisotopic (exact) mass is 465 g/mol.